The van der Waals surface area contributed by atoms with E-state index < -0.39 is 52.9 Å². The zero-order valence-corrected chi connectivity index (χ0v) is 20.5. The average Bonchev–Trinajstić information content (AvgIpc) is 3.41. The maximum atomic E-state index is 15.3. The first-order valence-corrected chi connectivity index (χ1v) is 12.2. The van der Waals surface area contributed by atoms with E-state index in [0.29, 0.717) is 24.9 Å². The van der Waals surface area contributed by atoms with Crippen LogP contribution in [0.3, 0.4) is 0 Å². The topological polar surface area (TPSA) is 100.0 Å². The van der Waals surface area contributed by atoms with Gasteiger partial charge in [0.15, 0.2) is 17.3 Å². The molecule has 2 aliphatic heterocycles. The lowest BCUT2D eigenvalue weighted by Crippen LogP contribution is -2.51. The van der Waals surface area contributed by atoms with Crippen LogP contribution in [0, 0.1) is 11.6 Å². The van der Waals surface area contributed by atoms with Crippen molar-refractivity contribution in [2.75, 3.05) is 26.9 Å². The highest BCUT2D eigenvalue weighted by Crippen LogP contribution is 2.46. The summed E-state index contributed by atoms with van der Waals surface area (Å²) < 4.78 is 46.1. The molecular formula is C27H25F2N3O6. The van der Waals surface area contributed by atoms with E-state index in [0.717, 1.165) is 12.3 Å². The summed E-state index contributed by atoms with van der Waals surface area (Å²) in [7, 11) is 1.43. The highest BCUT2D eigenvalue weighted by molar-refractivity contribution is 5.97. The summed E-state index contributed by atoms with van der Waals surface area (Å²) in [6.07, 6.45) is 1.00. The minimum absolute atomic E-state index is 0.0790. The number of carbonyl (C=O) groups is 2. The van der Waals surface area contributed by atoms with Gasteiger partial charge in [-0.1, -0.05) is 42.5 Å². The van der Waals surface area contributed by atoms with Gasteiger partial charge in [-0.2, -0.15) is 5.10 Å². The molecule has 2 aliphatic rings. The van der Waals surface area contributed by atoms with Crippen molar-refractivity contribution in [2.45, 2.75) is 30.8 Å². The molecule has 0 N–H and O–H groups in total. The minimum atomic E-state index is -1.18. The Morgan fingerprint density at radius 2 is 1.89 bits per heavy atom. The molecule has 3 aromatic rings. The number of rotatable bonds is 7. The lowest BCUT2D eigenvalue weighted by Gasteiger charge is -2.42. The predicted molar refractivity (Wildman–Crippen MR) is 130 cm³/mol. The Balaban J connectivity index is 1.69. The number of ether oxygens (including phenoxy) is 3. The lowest BCUT2D eigenvalue weighted by atomic mass is 9.79. The van der Waals surface area contributed by atoms with Crippen molar-refractivity contribution in [3.05, 3.63) is 93.4 Å². The second kappa shape index (κ2) is 10.7. The summed E-state index contributed by atoms with van der Waals surface area (Å²) in [5.41, 5.74) is -0.300. The normalized spacial score (nSPS) is 19.0. The summed E-state index contributed by atoms with van der Waals surface area (Å²) in [5, 5.41) is 4.27. The molecule has 1 fully saturated rings. The third kappa shape index (κ3) is 4.53. The molecule has 0 aliphatic carbocycles. The first-order chi connectivity index (χ1) is 18.4. The fourth-order valence-electron chi connectivity index (χ4n) is 5.34. The number of hydrogen-bond acceptors (Lipinski definition) is 7. The Morgan fingerprint density at radius 1 is 1.11 bits per heavy atom. The van der Waals surface area contributed by atoms with Crippen molar-refractivity contribution in [3.8, 4) is 5.75 Å². The van der Waals surface area contributed by atoms with Crippen molar-refractivity contribution in [1.29, 1.82) is 0 Å². The average molecular weight is 526 g/mol. The zero-order chi connectivity index (χ0) is 26.8. The fraction of sp³-hybridized carbons (Fsp3) is 0.333. The van der Waals surface area contributed by atoms with E-state index in [1.807, 2.05) is 0 Å². The number of benzene rings is 2. The molecule has 5 rings (SSSR count). The zero-order valence-electron chi connectivity index (χ0n) is 20.5. The van der Waals surface area contributed by atoms with E-state index in [2.05, 4.69) is 5.10 Å². The molecule has 0 unspecified atom stereocenters. The standard InChI is InChI=1S/C27H25F2N3O6/c1-36-13-14-37-27(35)38-25-20(33)15-30-32-23(19-11-6-12-31(19)26(34)24(25)32)21(16-7-3-2-4-8-16)17-9-5-10-18(28)22(17)29/h2-5,7-10,15,19,21,23H,6,11-14H2,1H3/t19-,21-,23-/m1/s1. The van der Waals surface area contributed by atoms with Gasteiger partial charge in [0.1, 0.15) is 6.61 Å². The Kier molecular flexibility index (Phi) is 7.19. The number of aromatic nitrogens is 2. The number of halogens is 2. The van der Waals surface area contributed by atoms with E-state index in [4.69, 9.17) is 14.2 Å². The van der Waals surface area contributed by atoms with E-state index >= 15 is 4.39 Å². The molecule has 38 heavy (non-hydrogen) atoms. The van der Waals surface area contributed by atoms with Gasteiger partial charge in [0, 0.05) is 25.1 Å². The van der Waals surface area contributed by atoms with Crippen LogP contribution in [0.4, 0.5) is 13.6 Å². The highest BCUT2D eigenvalue weighted by atomic mass is 19.2. The van der Waals surface area contributed by atoms with Crippen molar-refractivity contribution >= 4 is 12.1 Å². The fourth-order valence-corrected chi connectivity index (χ4v) is 5.34. The van der Waals surface area contributed by atoms with E-state index in [1.165, 1.54) is 23.9 Å². The van der Waals surface area contributed by atoms with E-state index in [1.54, 1.807) is 35.2 Å². The third-order valence-corrected chi connectivity index (χ3v) is 6.92. The van der Waals surface area contributed by atoms with Crippen LogP contribution in [0.2, 0.25) is 0 Å². The summed E-state index contributed by atoms with van der Waals surface area (Å²) in [6, 6.07) is 11.7. The van der Waals surface area contributed by atoms with Crippen LogP contribution < -0.4 is 10.2 Å². The number of amides is 1. The van der Waals surface area contributed by atoms with Crippen LogP contribution >= 0.6 is 0 Å². The maximum Gasteiger partial charge on any atom is 0.514 e. The van der Waals surface area contributed by atoms with Gasteiger partial charge in [-0.3, -0.25) is 9.59 Å². The van der Waals surface area contributed by atoms with Crippen LogP contribution in [0.15, 0.2) is 59.5 Å². The van der Waals surface area contributed by atoms with Crippen LogP contribution in [-0.4, -0.2) is 59.7 Å². The second-order valence-corrected chi connectivity index (χ2v) is 9.05. The smallest absolute Gasteiger partial charge is 0.432 e. The largest absolute Gasteiger partial charge is 0.514 e. The van der Waals surface area contributed by atoms with Gasteiger partial charge in [0.05, 0.1) is 24.9 Å². The molecule has 1 aromatic heterocycles. The van der Waals surface area contributed by atoms with Crippen LogP contribution in [0.25, 0.3) is 0 Å². The van der Waals surface area contributed by atoms with Crippen LogP contribution in [0.1, 0.15) is 46.4 Å². The molecule has 11 heteroatoms. The summed E-state index contributed by atoms with van der Waals surface area (Å²) >= 11 is 0. The molecule has 0 bridgehead atoms. The number of fused-ring (bicyclic) bond motifs is 2. The van der Waals surface area contributed by atoms with Crippen molar-refractivity contribution in [3.63, 3.8) is 0 Å². The number of hydrogen-bond donors (Lipinski definition) is 0. The molecule has 3 atom stereocenters. The highest BCUT2D eigenvalue weighted by Gasteiger charge is 2.49. The molecule has 1 amide bonds. The predicted octanol–water partition coefficient (Wildman–Crippen LogP) is 3.67. The Morgan fingerprint density at radius 3 is 2.66 bits per heavy atom. The molecule has 0 spiro atoms. The molecule has 198 valence electrons. The monoisotopic (exact) mass is 525 g/mol. The van der Waals surface area contributed by atoms with Gasteiger partial charge >= 0.3 is 6.16 Å². The van der Waals surface area contributed by atoms with Gasteiger partial charge in [-0.05, 0) is 24.5 Å². The molecule has 1 saturated heterocycles. The van der Waals surface area contributed by atoms with Crippen molar-refractivity contribution in [2.24, 2.45) is 0 Å². The lowest BCUT2D eigenvalue weighted by molar-refractivity contribution is 0.0540. The first-order valence-electron chi connectivity index (χ1n) is 12.2. The van der Waals surface area contributed by atoms with E-state index in [9.17, 15) is 18.8 Å². The van der Waals surface area contributed by atoms with Crippen LogP contribution in [-0.2, 0) is 9.47 Å². The van der Waals surface area contributed by atoms with Gasteiger partial charge < -0.3 is 19.1 Å². The van der Waals surface area contributed by atoms with Gasteiger partial charge in [0.25, 0.3) is 5.91 Å². The Labute approximate surface area is 216 Å². The molecule has 9 nitrogen and oxygen atoms in total. The molecule has 2 aromatic carbocycles. The molecule has 0 saturated carbocycles. The summed E-state index contributed by atoms with van der Waals surface area (Å²) in [4.78, 5) is 40.3. The SMILES string of the molecule is COCCOC(=O)Oc1c2n(ncc1=O)[C@@H]([C@H](c1ccccc1)c1cccc(F)c1F)[C@H]1CCCN1C2=O. The summed E-state index contributed by atoms with van der Waals surface area (Å²) in [5.74, 6) is -3.88. The number of methoxy groups -OCH3 is 1. The van der Waals surface area contributed by atoms with Gasteiger partial charge in [0.2, 0.25) is 11.2 Å². The Bertz CT molecular complexity index is 1410. The number of carbonyl (C=O) groups excluding carboxylic acids is 2. The molecular weight excluding hydrogens is 500 g/mol. The van der Waals surface area contributed by atoms with Crippen molar-refractivity contribution < 1.29 is 32.6 Å². The number of nitrogens with zero attached hydrogens (tertiary/aromatic N) is 3. The summed E-state index contributed by atoms with van der Waals surface area (Å²) in [6.45, 7) is 0.370. The molecule has 0 radical (unpaired) electrons. The Hall–Kier alpha value is -4.12. The van der Waals surface area contributed by atoms with Gasteiger partial charge in [-0.15, -0.1) is 0 Å². The van der Waals surface area contributed by atoms with E-state index in [-0.39, 0.29) is 24.5 Å². The van der Waals surface area contributed by atoms with Crippen molar-refractivity contribution in [1.82, 2.24) is 14.7 Å². The maximum absolute atomic E-state index is 15.3. The van der Waals surface area contributed by atoms with Crippen LogP contribution in [0.5, 0.6) is 5.75 Å². The second-order valence-electron chi connectivity index (χ2n) is 9.05. The quantitative estimate of drug-likeness (QED) is 0.343. The first kappa shape index (κ1) is 25.5. The third-order valence-electron chi connectivity index (χ3n) is 6.92. The van der Waals surface area contributed by atoms with Gasteiger partial charge in [-0.25, -0.2) is 18.3 Å². The molecule has 3 heterocycles. The minimum Gasteiger partial charge on any atom is -0.432 e.